The third-order valence-electron chi connectivity index (χ3n) is 6.30. The molecular weight excluding hydrogens is 386 g/mol. The van der Waals surface area contributed by atoms with E-state index in [1.165, 1.54) is 0 Å². The fraction of sp³-hybridized carbons (Fsp3) is 0.591. The molecule has 0 unspecified atom stereocenters. The molecule has 4 amide bonds. The van der Waals surface area contributed by atoms with Gasteiger partial charge >= 0.3 is 6.03 Å². The van der Waals surface area contributed by atoms with Crippen LogP contribution in [-0.4, -0.2) is 49.6 Å². The first-order chi connectivity index (χ1) is 14.3. The largest absolute Gasteiger partial charge is 0.497 e. The average molecular weight is 418 g/mol. The minimum Gasteiger partial charge on any atom is -0.497 e. The topological polar surface area (TPSA) is 97.0 Å². The molecule has 1 aromatic carbocycles. The Morgan fingerprint density at radius 3 is 2.57 bits per heavy atom. The summed E-state index contributed by atoms with van der Waals surface area (Å²) in [6, 6.07) is 3.87. The van der Waals surface area contributed by atoms with E-state index in [2.05, 4.69) is 17.6 Å². The maximum absolute atomic E-state index is 12.9. The normalized spacial score (nSPS) is 21.7. The van der Waals surface area contributed by atoms with E-state index < -0.39 is 24.0 Å². The number of urea groups is 1. The van der Waals surface area contributed by atoms with Gasteiger partial charge in [-0.3, -0.25) is 14.5 Å². The van der Waals surface area contributed by atoms with Gasteiger partial charge in [0.2, 0.25) is 5.91 Å². The number of imide groups is 1. The molecule has 2 fully saturated rings. The quantitative estimate of drug-likeness (QED) is 0.665. The number of nitrogens with zero attached hydrogens (tertiary/aromatic N) is 1. The maximum atomic E-state index is 12.9. The molecule has 0 aromatic heterocycles. The van der Waals surface area contributed by atoms with Gasteiger partial charge in [-0.2, -0.15) is 0 Å². The van der Waals surface area contributed by atoms with E-state index in [1.807, 2.05) is 6.92 Å². The Labute approximate surface area is 177 Å². The van der Waals surface area contributed by atoms with Crippen LogP contribution in [0.15, 0.2) is 18.2 Å². The Morgan fingerprint density at radius 1 is 1.23 bits per heavy atom. The molecule has 30 heavy (non-hydrogen) atoms. The molecule has 8 nitrogen and oxygen atoms in total. The number of rotatable bonds is 7. The average Bonchev–Trinajstić information content (AvgIpc) is 3.02. The van der Waals surface area contributed by atoms with Gasteiger partial charge in [0.25, 0.3) is 5.91 Å². The summed E-state index contributed by atoms with van der Waals surface area (Å²) in [6.07, 6.45) is 5.06. The Morgan fingerprint density at radius 2 is 1.93 bits per heavy atom. The van der Waals surface area contributed by atoms with E-state index in [0.29, 0.717) is 11.5 Å². The van der Waals surface area contributed by atoms with Gasteiger partial charge in [0.15, 0.2) is 0 Å². The predicted octanol–water partition coefficient (Wildman–Crippen LogP) is 2.77. The first-order valence-electron chi connectivity index (χ1n) is 10.4. The fourth-order valence-corrected chi connectivity index (χ4v) is 4.48. The van der Waals surface area contributed by atoms with E-state index in [1.54, 1.807) is 32.4 Å². The minimum absolute atomic E-state index is 0.253. The highest BCUT2D eigenvalue weighted by Gasteiger charge is 2.49. The maximum Gasteiger partial charge on any atom is 0.325 e. The van der Waals surface area contributed by atoms with E-state index in [9.17, 15) is 14.4 Å². The van der Waals surface area contributed by atoms with Crippen LogP contribution in [0.4, 0.5) is 4.79 Å². The molecule has 2 aliphatic rings. The Bertz CT molecular complexity index is 819. The second kappa shape index (κ2) is 8.93. The Hall–Kier alpha value is -2.77. The molecule has 1 saturated heterocycles. The lowest BCUT2D eigenvalue weighted by molar-refractivity contribution is -0.134. The number of nitrogens with one attached hydrogen (secondary N) is 2. The molecule has 2 N–H and O–H groups in total. The van der Waals surface area contributed by atoms with Crippen LogP contribution in [0.5, 0.6) is 11.5 Å². The molecule has 1 aromatic rings. The van der Waals surface area contributed by atoms with Crippen molar-refractivity contribution in [2.45, 2.75) is 58.0 Å². The summed E-state index contributed by atoms with van der Waals surface area (Å²) in [7, 11) is 3.12. The third kappa shape index (κ3) is 4.37. The van der Waals surface area contributed by atoms with Crippen LogP contribution < -0.4 is 20.1 Å². The van der Waals surface area contributed by atoms with Gasteiger partial charge in [-0.05, 0) is 43.4 Å². The van der Waals surface area contributed by atoms with Gasteiger partial charge < -0.3 is 20.1 Å². The Kier molecular flexibility index (Phi) is 6.53. The van der Waals surface area contributed by atoms with Crippen LogP contribution in [0, 0.1) is 5.41 Å². The van der Waals surface area contributed by atoms with Crippen LogP contribution in [0.3, 0.4) is 0 Å². The van der Waals surface area contributed by atoms with Gasteiger partial charge in [0.1, 0.15) is 24.1 Å². The van der Waals surface area contributed by atoms with Gasteiger partial charge in [0.05, 0.1) is 20.3 Å². The highest BCUT2D eigenvalue weighted by atomic mass is 16.5. The lowest BCUT2D eigenvalue weighted by Gasteiger charge is -2.37. The third-order valence-corrected chi connectivity index (χ3v) is 6.30. The number of benzene rings is 1. The number of hydrogen-bond donors (Lipinski definition) is 2. The zero-order chi connectivity index (χ0) is 21.9. The summed E-state index contributed by atoms with van der Waals surface area (Å²) in [6.45, 7) is 3.55. The molecule has 0 radical (unpaired) electrons. The molecule has 1 aliphatic carbocycles. The van der Waals surface area contributed by atoms with E-state index in [0.717, 1.165) is 42.6 Å². The van der Waals surface area contributed by atoms with Crippen molar-refractivity contribution in [3.8, 4) is 11.5 Å². The molecule has 8 heteroatoms. The van der Waals surface area contributed by atoms with Crippen molar-refractivity contribution < 1.29 is 23.9 Å². The minimum atomic E-state index is -0.561. The van der Waals surface area contributed by atoms with Gasteiger partial charge in [0, 0.05) is 5.56 Å². The molecule has 3 rings (SSSR count). The van der Waals surface area contributed by atoms with Gasteiger partial charge in [-0.1, -0.05) is 26.2 Å². The zero-order valence-electron chi connectivity index (χ0n) is 18.1. The molecule has 1 saturated carbocycles. The highest BCUT2D eigenvalue weighted by Crippen LogP contribution is 2.40. The van der Waals surface area contributed by atoms with Gasteiger partial charge in [-0.25, -0.2) is 4.79 Å². The molecule has 2 atom stereocenters. The summed E-state index contributed by atoms with van der Waals surface area (Å²) >= 11 is 0. The number of carbonyl (C=O) groups excluding carboxylic acids is 3. The monoisotopic (exact) mass is 417 g/mol. The number of amides is 4. The molecule has 1 heterocycles. The summed E-state index contributed by atoms with van der Waals surface area (Å²) < 4.78 is 10.6. The van der Waals surface area contributed by atoms with Gasteiger partial charge in [-0.15, -0.1) is 0 Å². The van der Waals surface area contributed by atoms with Crippen molar-refractivity contribution >= 4 is 17.8 Å². The molecule has 0 bridgehead atoms. The van der Waals surface area contributed by atoms with Crippen molar-refractivity contribution in [2.24, 2.45) is 5.41 Å². The fourth-order valence-electron chi connectivity index (χ4n) is 4.48. The second-order valence-electron chi connectivity index (χ2n) is 8.42. The summed E-state index contributed by atoms with van der Waals surface area (Å²) in [4.78, 5) is 39.0. The van der Waals surface area contributed by atoms with E-state index >= 15 is 0 Å². The number of carbonyl (C=O) groups is 3. The lowest BCUT2D eigenvalue weighted by atomic mass is 9.70. The second-order valence-corrected chi connectivity index (χ2v) is 8.42. The first kappa shape index (κ1) is 21.9. The van der Waals surface area contributed by atoms with E-state index in [4.69, 9.17) is 9.47 Å². The van der Waals surface area contributed by atoms with Crippen LogP contribution in [-0.2, 0) is 9.59 Å². The van der Waals surface area contributed by atoms with Crippen LogP contribution >= 0.6 is 0 Å². The first-order valence-corrected chi connectivity index (χ1v) is 10.4. The highest BCUT2D eigenvalue weighted by molar-refractivity contribution is 6.06. The van der Waals surface area contributed by atoms with Crippen molar-refractivity contribution in [1.29, 1.82) is 0 Å². The molecule has 0 spiro atoms. The number of ether oxygens (including phenoxy) is 2. The standard InChI is InChI=1S/C22H31N3O5/c1-14(16-12-15(29-3)8-9-17(16)30-4)23-18(26)13-25-20(27)19(24-21(25)28)22(2)10-6-5-7-11-22/h8-9,12,14,19H,5-7,10-11,13H2,1-4H3,(H,23,26)(H,24,28)/t14-,19+/m1/s1. The van der Waals surface area contributed by atoms with Crippen LogP contribution in [0.1, 0.15) is 57.6 Å². The predicted molar refractivity (Wildman–Crippen MR) is 111 cm³/mol. The lowest BCUT2D eigenvalue weighted by Crippen LogP contribution is -2.46. The molecule has 164 valence electrons. The summed E-state index contributed by atoms with van der Waals surface area (Å²) in [5, 5.41) is 5.65. The van der Waals surface area contributed by atoms with Crippen molar-refractivity contribution in [2.75, 3.05) is 20.8 Å². The molecular formula is C22H31N3O5. The van der Waals surface area contributed by atoms with E-state index in [-0.39, 0.29) is 17.9 Å². The SMILES string of the molecule is COc1ccc(OC)c([C@@H](C)NC(=O)CN2C(=O)N[C@H](C3(C)CCCCC3)C2=O)c1. The summed E-state index contributed by atoms with van der Waals surface area (Å²) in [5.41, 5.74) is 0.493. The molecule has 1 aliphatic heterocycles. The van der Waals surface area contributed by atoms with Crippen molar-refractivity contribution in [1.82, 2.24) is 15.5 Å². The number of methoxy groups -OCH3 is 2. The summed E-state index contributed by atoms with van der Waals surface area (Å²) in [5.74, 6) is 0.532. The smallest absolute Gasteiger partial charge is 0.325 e. The zero-order valence-corrected chi connectivity index (χ0v) is 18.1. The number of hydrogen-bond acceptors (Lipinski definition) is 5. The van der Waals surface area contributed by atoms with Crippen molar-refractivity contribution in [3.05, 3.63) is 23.8 Å². The van der Waals surface area contributed by atoms with Crippen LogP contribution in [0.2, 0.25) is 0 Å². The Balaban J connectivity index is 1.66. The van der Waals surface area contributed by atoms with Crippen LogP contribution in [0.25, 0.3) is 0 Å². The van der Waals surface area contributed by atoms with Crippen molar-refractivity contribution in [3.63, 3.8) is 0 Å².